The molecule has 1 saturated heterocycles. The van der Waals surface area contributed by atoms with E-state index >= 15 is 0 Å². The van der Waals surface area contributed by atoms with E-state index in [0.717, 1.165) is 5.56 Å². The van der Waals surface area contributed by atoms with E-state index < -0.39 is 5.60 Å². The second-order valence-electron chi connectivity index (χ2n) is 6.49. The van der Waals surface area contributed by atoms with Crippen molar-refractivity contribution in [2.45, 2.75) is 31.8 Å². The average Bonchev–Trinajstić information content (AvgIpc) is 2.88. The Hall–Kier alpha value is -2.11. The van der Waals surface area contributed by atoms with Crippen molar-refractivity contribution < 1.29 is 19.4 Å². The van der Waals surface area contributed by atoms with Crippen molar-refractivity contribution in [2.24, 2.45) is 0 Å². The van der Waals surface area contributed by atoms with Crippen LogP contribution in [0.1, 0.15) is 35.4 Å². The molecule has 1 fully saturated rings. The molecule has 5 heteroatoms. The molecule has 24 heavy (non-hydrogen) atoms. The Labute approximate surface area is 141 Å². The summed E-state index contributed by atoms with van der Waals surface area (Å²) in [4.78, 5) is 14.7. The van der Waals surface area contributed by atoms with Gasteiger partial charge in [-0.2, -0.15) is 0 Å². The zero-order valence-corrected chi connectivity index (χ0v) is 13.9. The molecule has 1 amide bonds. The molecule has 2 heterocycles. The van der Waals surface area contributed by atoms with E-state index in [1.807, 2.05) is 37.3 Å². The van der Waals surface area contributed by atoms with Crippen molar-refractivity contribution in [1.82, 2.24) is 4.90 Å². The Kier molecular flexibility index (Phi) is 4.73. The van der Waals surface area contributed by atoms with Gasteiger partial charge in [-0.3, -0.25) is 4.79 Å². The number of nitrogens with zero attached hydrogens (tertiary/aromatic N) is 1. The molecule has 3 rings (SSSR count). The van der Waals surface area contributed by atoms with E-state index in [1.165, 1.54) is 0 Å². The molecule has 128 valence electrons. The van der Waals surface area contributed by atoms with Crippen LogP contribution in [0.2, 0.25) is 0 Å². The molecule has 5 nitrogen and oxygen atoms in total. The van der Waals surface area contributed by atoms with Crippen molar-refractivity contribution in [3.05, 3.63) is 47.7 Å². The second kappa shape index (κ2) is 6.79. The lowest BCUT2D eigenvalue weighted by Crippen LogP contribution is -2.36. The van der Waals surface area contributed by atoms with Gasteiger partial charge in [0.15, 0.2) is 0 Å². The third-order valence-corrected chi connectivity index (χ3v) is 4.62. The largest absolute Gasteiger partial charge is 0.461 e. The summed E-state index contributed by atoms with van der Waals surface area (Å²) in [5.41, 5.74) is 0.340. The number of hydrogen-bond donors (Lipinski definition) is 2. The fourth-order valence-electron chi connectivity index (χ4n) is 3.19. The molecule has 1 aromatic heterocycles. The van der Waals surface area contributed by atoms with Gasteiger partial charge in [0.2, 0.25) is 0 Å². The van der Waals surface area contributed by atoms with Crippen LogP contribution in [0.5, 0.6) is 0 Å². The van der Waals surface area contributed by atoms with E-state index in [2.05, 4.69) is 0 Å². The van der Waals surface area contributed by atoms with E-state index in [4.69, 9.17) is 4.42 Å². The minimum Gasteiger partial charge on any atom is -0.461 e. The van der Waals surface area contributed by atoms with Crippen molar-refractivity contribution in [2.75, 3.05) is 19.7 Å². The first kappa shape index (κ1) is 16.7. The van der Waals surface area contributed by atoms with Gasteiger partial charge in [0, 0.05) is 18.7 Å². The number of hydrogen-bond acceptors (Lipinski definition) is 4. The molecule has 1 aromatic carbocycles. The predicted octanol–water partition coefficient (Wildman–Crippen LogP) is 2.60. The monoisotopic (exact) mass is 329 g/mol. The molecule has 0 bridgehead atoms. The lowest BCUT2D eigenvalue weighted by atomic mass is 9.96. The molecular formula is C19H23NO4. The summed E-state index contributed by atoms with van der Waals surface area (Å²) in [6.45, 7) is 2.55. The zero-order valence-electron chi connectivity index (χ0n) is 13.9. The van der Waals surface area contributed by atoms with E-state index in [9.17, 15) is 15.0 Å². The van der Waals surface area contributed by atoms with Gasteiger partial charge in [0.1, 0.15) is 11.5 Å². The first-order chi connectivity index (χ1) is 11.5. The van der Waals surface area contributed by atoms with E-state index in [1.54, 1.807) is 11.0 Å². The SMILES string of the molecule is Cc1cc(C(=O)N2CCC[C@](O)(CO)CC2)c(-c2ccccc2)o1. The summed E-state index contributed by atoms with van der Waals surface area (Å²) in [5.74, 6) is 1.19. The molecule has 1 aliphatic heterocycles. The first-order valence-electron chi connectivity index (χ1n) is 8.31. The maximum absolute atomic E-state index is 13.0. The van der Waals surface area contributed by atoms with Gasteiger partial charge in [0.25, 0.3) is 5.91 Å². The molecule has 0 spiro atoms. The third kappa shape index (κ3) is 3.37. The predicted molar refractivity (Wildman–Crippen MR) is 90.7 cm³/mol. The van der Waals surface area contributed by atoms with Crippen LogP contribution in [-0.4, -0.2) is 46.3 Å². The van der Waals surface area contributed by atoms with Gasteiger partial charge >= 0.3 is 0 Å². The summed E-state index contributed by atoms with van der Waals surface area (Å²) in [6, 6.07) is 11.4. The lowest BCUT2D eigenvalue weighted by Gasteiger charge is -2.24. The fraction of sp³-hybridized carbons (Fsp3) is 0.421. The molecule has 0 radical (unpaired) electrons. The number of carbonyl (C=O) groups is 1. The Morgan fingerprint density at radius 2 is 2.00 bits per heavy atom. The van der Waals surface area contributed by atoms with Gasteiger partial charge < -0.3 is 19.5 Å². The summed E-state index contributed by atoms with van der Waals surface area (Å²) in [6.07, 6.45) is 1.55. The fourth-order valence-corrected chi connectivity index (χ4v) is 3.19. The van der Waals surface area contributed by atoms with Crippen LogP contribution in [0.3, 0.4) is 0 Å². The van der Waals surface area contributed by atoms with Crippen molar-refractivity contribution in [3.63, 3.8) is 0 Å². The minimum absolute atomic E-state index is 0.0899. The standard InChI is InChI=1S/C19H23NO4/c1-14-12-16(17(24-14)15-6-3-2-4-7-15)18(22)20-10-5-8-19(23,13-21)9-11-20/h2-4,6-7,12,21,23H,5,8-11,13H2,1H3/t19-/m1/s1. The molecule has 2 aromatic rings. The highest BCUT2D eigenvalue weighted by atomic mass is 16.3. The lowest BCUT2D eigenvalue weighted by molar-refractivity contribution is -0.0250. The first-order valence-corrected chi connectivity index (χ1v) is 8.31. The van der Waals surface area contributed by atoms with Gasteiger partial charge in [-0.1, -0.05) is 30.3 Å². The van der Waals surface area contributed by atoms with Crippen LogP contribution in [-0.2, 0) is 0 Å². The number of carbonyl (C=O) groups excluding carboxylic acids is 1. The highest BCUT2D eigenvalue weighted by molar-refractivity contribution is 5.99. The van der Waals surface area contributed by atoms with E-state index in [-0.39, 0.29) is 12.5 Å². The van der Waals surface area contributed by atoms with Gasteiger partial charge in [-0.05, 0) is 32.3 Å². The second-order valence-corrected chi connectivity index (χ2v) is 6.49. The molecule has 0 unspecified atom stereocenters. The maximum atomic E-state index is 13.0. The van der Waals surface area contributed by atoms with Gasteiger partial charge in [0.05, 0.1) is 17.8 Å². The molecule has 2 N–H and O–H groups in total. The van der Waals surface area contributed by atoms with Crippen LogP contribution < -0.4 is 0 Å². The normalized spacial score (nSPS) is 21.5. The smallest absolute Gasteiger partial charge is 0.257 e. The molecule has 0 aliphatic carbocycles. The van der Waals surface area contributed by atoms with Crippen molar-refractivity contribution in [1.29, 1.82) is 0 Å². The van der Waals surface area contributed by atoms with Crippen LogP contribution >= 0.6 is 0 Å². The molecule has 1 aliphatic rings. The Balaban J connectivity index is 1.86. The number of benzene rings is 1. The number of aliphatic hydroxyl groups excluding tert-OH is 1. The topological polar surface area (TPSA) is 73.9 Å². The highest BCUT2D eigenvalue weighted by Crippen LogP contribution is 2.29. The molecular weight excluding hydrogens is 306 g/mol. The number of rotatable bonds is 3. The summed E-state index contributed by atoms with van der Waals surface area (Å²) in [5, 5.41) is 19.6. The van der Waals surface area contributed by atoms with Crippen LogP contribution in [0.25, 0.3) is 11.3 Å². The van der Waals surface area contributed by atoms with Crippen LogP contribution in [0, 0.1) is 6.92 Å². The van der Waals surface area contributed by atoms with Crippen LogP contribution in [0.15, 0.2) is 40.8 Å². The molecule has 1 atom stereocenters. The van der Waals surface area contributed by atoms with Gasteiger partial charge in [-0.15, -0.1) is 0 Å². The maximum Gasteiger partial charge on any atom is 0.257 e. The van der Waals surface area contributed by atoms with Crippen molar-refractivity contribution >= 4 is 5.91 Å². The highest BCUT2D eigenvalue weighted by Gasteiger charge is 2.32. The van der Waals surface area contributed by atoms with Gasteiger partial charge in [-0.25, -0.2) is 0 Å². The van der Waals surface area contributed by atoms with Crippen LogP contribution in [0.4, 0.5) is 0 Å². The third-order valence-electron chi connectivity index (χ3n) is 4.62. The van der Waals surface area contributed by atoms with E-state index in [0.29, 0.717) is 49.4 Å². The number of amides is 1. The minimum atomic E-state index is -1.08. The summed E-state index contributed by atoms with van der Waals surface area (Å²) >= 11 is 0. The Bertz CT molecular complexity index is 709. The summed E-state index contributed by atoms with van der Waals surface area (Å²) < 4.78 is 5.77. The average molecular weight is 329 g/mol. The Morgan fingerprint density at radius 1 is 1.25 bits per heavy atom. The number of furan rings is 1. The summed E-state index contributed by atoms with van der Waals surface area (Å²) in [7, 11) is 0. The van der Waals surface area contributed by atoms with Crippen molar-refractivity contribution in [3.8, 4) is 11.3 Å². The molecule has 0 saturated carbocycles. The number of likely N-dealkylation sites (tertiary alicyclic amines) is 1. The Morgan fingerprint density at radius 3 is 2.71 bits per heavy atom. The number of aryl methyl sites for hydroxylation is 1. The zero-order chi connectivity index (χ0) is 17.2. The number of aliphatic hydroxyl groups is 2. The quantitative estimate of drug-likeness (QED) is 0.908.